The molecule has 0 unspecified atom stereocenters. The van der Waals surface area contributed by atoms with E-state index < -0.39 is 0 Å². The van der Waals surface area contributed by atoms with E-state index in [-0.39, 0.29) is 19.3 Å². The van der Waals surface area contributed by atoms with Crippen LogP contribution in [0.4, 0.5) is 0 Å². The fourth-order valence-electron chi connectivity index (χ4n) is 2.00. The molecule has 0 fully saturated rings. The molecule has 0 aliphatic heterocycles. The van der Waals surface area contributed by atoms with E-state index in [1.165, 1.54) is 0 Å². The normalized spacial score (nSPS) is 11.6. The van der Waals surface area contributed by atoms with Gasteiger partial charge in [-0.15, -0.1) is 11.3 Å². The Hall–Kier alpha value is -1.73. The minimum absolute atomic E-state index is 0.109. The quantitative estimate of drug-likeness (QED) is 0.649. The second-order valence-corrected chi connectivity index (χ2v) is 5.73. The predicted octanol–water partition coefficient (Wildman–Crippen LogP) is 2.00. The summed E-state index contributed by atoms with van der Waals surface area (Å²) in [7, 11) is 0. The van der Waals surface area contributed by atoms with E-state index in [4.69, 9.17) is 14.6 Å². The average molecular weight is 304 g/mol. The van der Waals surface area contributed by atoms with Gasteiger partial charge in [0, 0.05) is 0 Å². The number of furan rings is 1. The Morgan fingerprint density at radius 2 is 1.95 bits per heavy atom. The molecule has 3 aromatic rings. The molecule has 0 amide bonds. The highest BCUT2D eigenvalue weighted by molar-refractivity contribution is 7.21. The van der Waals surface area contributed by atoms with Crippen LogP contribution in [0.25, 0.3) is 21.0 Å². The van der Waals surface area contributed by atoms with E-state index >= 15 is 0 Å². The molecule has 0 spiro atoms. The first kappa shape index (κ1) is 14.2. The van der Waals surface area contributed by atoms with Crippen LogP contribution in [0.3, 0.4) is 0 Å². The first-order valence-electron chi connectivity index (χ1n) is 6.70. The summed E-state index contributed by atoms with van der Waals surface area (Å²) in [6, 6.07) is 11.4. The van der Waals surface area contributed by atoms with Crippen molar-refractivity contribution in [1.82, 2.24) is 10.3 Å². The van der Waals surface area contributed by atoms with E-state index in [9.17, 15) is 0 Å². The fraction of sp³-hybridized carbons (Fsp3) is 0.267. The molecule has 0 atom stereocenters. The van der Waals surface area contributed by atoms with Crippen LogP contribution in [0.15, 0.2) is 40.8 Å². The second-order valence-electron chi connectivity index (χ2n) is 4.70. The lowest BCUT2D eigenvalue weighted by Gasteiger charge is -2.11. The van der Waals surface area contributed by atoms with Crippen LogP contribution in [0.5, 0.6) is 0 Å². The SMILES string of the molecule is OCC(CO)NCc1ccc(-c2nc3ccccc3s2)o1. The number of hydrogen-bond acceptors (Lipinski definition) is 6. The monoisotopic (exact) mass is 304 g/mol. The Balaban J connectivity index is 1.75. The second kappa shape index (κ2) is 6.36. The topological polar surface area (TPSA) is 78.5 Å². The lowest BCUT2D eigenvalue weighted by atomic mass is 10.3. The van der Waals surface area contributed by atoms with Crippen molar-refractivity contribution < 1.29 is 14.6 Å². The van der Waals surface area contributed by atoms with Crippen LogP contribution in [-0.4, -0.2) is 34.5 Å². The van der Waals surface area contributed by atoms with Crippen LogP contribution in [0, 0.1) is 0 Å². The molecule has 110 valence electrons. The van der Waals surface area contributed by atoms with Gasteiger partial charge in [-0.25, -0.2) is 4.98 Å². The van der Waals surface area contributed by atoms with Crippen LogP contribution in [0.2, 0.25) is 0 Å². The molecule has 0 saturated carbocycles. The zero-order valence-corrected chi connectivity index (χ0v) is 12.1. The van der Waals surface area contributed by atoms with Crippen molar-refractivity contribution >= 4 is 21.6 Å². The summed E-state index contributed by atoms with van der Waals surface area (Å²) in [6.07, 6.45) is 0. The lowest BCUT2D eigenvalue weighted by Crippen LogP contribution is -2.35. The van der Waals surface area contributed by atoms with Gasteiger partial charge in [-0.05, 0) is 24.3 Å². The number of para-hydroxylation sites is 1. The van der Waals surface area contributed by atoms with Gasteiger partial charge in [-0.1, -0.05) is 12.1 Å². The number of aliphatic hydroxyl groups is 2. The Labute approximate surface area is 125 Å². The molecule has 21 heavy (non-hydrogen) atoms. The number of benzene rings is 1. The molecule has 0 radical (unpaired) electrons. The number of nitrogens with zero attached hydrogens (tertiary/aromatic N) is 1. The molecule has 3 rings (SSSR count). The molecule has 2 heterocycles. The number of rotatable bonds is 6. The summed E-state index contributed by atoms with van der Waals surface area (Å²) < 4.78 is 6.89. The summed E-state index contributed by atoms with van der Waals surface area (Å²) in [5.41, 5.74) is 0.967. The standard InChI is InChI=1S/C15H16N2O3S/c18-8-10(9-19)16-7-11-5-6-13(20-11)15-17-12-3-1-2-4-14(12)21-15/h1-6,10,16,18-19H,7-9H2. The zero-order chi connectivity index (χ0) is 14.7. The fourth-order valence-corrected chi connectivity index (χ4v) is 2.92. The third-order valence-electron chi connectivity index (χ3n) is 3.17. The number of nitrogens with one attached hydrogen (secondary N) is 1. The Morgan fingerprint density at radius 3 is 2.71 bits per heavy atom. The van der Waals surface area contributed by atoms with Crippen LogP contribution >= 0.6 is 11.3 Å². The van der Waals surface area contributed by atoms with E-state index in [0.717, 1.165) is 26.7 Å². The minimum Gasteiger partial charge on any atom is -0.457 e. The number of aliphatic hydroxyl groups excluding tert-OH is 2. The third kappa shape index (κ3) is 3.14. The van der Waals surface area contributed by atoms with Gasteiger partial charge in [0.05, 0.1) is 36.0 Å². The molecular formula is C15H16N2O3S. The van der Waals surface area contributed by atoms with Gasteiger partial charge in [-0.2, -0.15) is 0 Å². The molecule has 1 aromatic carbocycles. The summed E-state index contributed by atoms with van der Waals surface area (Å²) in [4.78, 5) is 4.55. The van der Waals surface area contributed by atoms with Crippen molar-refractivity contribution in [3.05, 3.63) is 42.2 Å². The first-order chi connectivity index (χ1) is 10.3. The van der Waals surface area contributed by atoms with Gasteiger partial charge in [0.1, 0.15) is 5.76 Å². The smallest absolute Gasteiger partial charge is 0.163 e. The van der Waals surface area contributed by atoms with E-state index in [1.807, 2.05) is 36.4 Å². The molecule has 0 saturated heterocycles. The third-order valence-corrected chi connectivity index (χ3v) is 4.22. The zero-order valence-electron chi connectivity index (χ0n) is 11.3. The van der Waals surface area contributed by atoms with E-state index in [0.29, 0.717) is 6.54 Å². The van der Waals surface area contributed by atoms with E-state index in [2.05, 4.69) is 10.3 Å². The number of aromatic nitrogens is 1. The Kier molecular flexibility index (Phi) is 4.31. The largest absolute Gasteiger partial charge is 0.457 e. The summed E-state index contributed by atoms with van der Waals surface area (Å²) in [5.74, 6) is 1.48. The molecule has 2 aromatic heterocycles. The lowest BCUT2D eigenvalue weighted by molar-refractivity contribution is 0.168. The first-order valence-corrected chi connectivity index (χ1v) is 7.51. The molecule has 0 aliphatic carbocycles. The molecule has 5 nitrogen and oxygen atoms in total. The number of fused-ring (bicyclic) bond motifs is 1. The van der Waals surface area contributed by atoms with Gasteiger partial charge < -0.3 is 19.9 Å². The molecular weight excluding hydrogens is 288 g/mol. The maximum atomic E-state index is 9.01. The predicted molar refractivity (Wildman–Crippen MR) is 82.1 cm³/mol. The number of hydrogen-bond donors (Lipinski definition) is 3. The van der Waals surface area contributed by atoms with Crippen LogP contribution in [0.1, 0.15) is 5.76 Å². The maximum Gasteiger partial charge on any atom is 0.163 e. The Morgan fingerprint density at radius 1 is 1.14 bits per heavy atom. The summed E-state index contributed by atoms with van der Waals surface area (Å²) in [6.45, 7) is 0.237. The van der Waals surface area contributed by atoms with Gasteiger partial charge in [-0.3, -0.25) is 0 Å². The van der Waals surface area contributed by atoms with Crippen LogP contribution in [-0.2, 0) is 6.54 Å². The van der Waals surface area contributed by atoms with Crippen molar-refractivity contribution in [2.24, 2.45) is 0 Å². The van der Waals surface area contributed by atoms with Crippen molar-refractivity contribution in [1.29, 1.82) is 0 Å². The van der Waals surface area contributed by atoms with E-state index in [1.54, 1.807) is 11.3 Å². The van der Waals surface area contributed by atoms with Gasteiger partial charge in [0.25, 0.3) is 0 Å². The molecule has 3 N–H and O–H groups in total. The Bertz CT molecular complexity index is 685. The highest BCUT2D eigenvalue weighted by Crippen LogP contribution is 2.31. The molecule has 0 bridgehead atoms. The average Bonchev–Trinajstić information content (AvgIpc) is 3.14. The highest BCUT2D eigenvalue weighted by Gasteiger charge is 2.11. The van der Waals surface area contributed by atoms with Crippen molar-refractivity contribution in [3.8, 4) is 10.8 Å². The van der Waals surface area contributed by atoms with Crippen LogP contribution < -0.4 is 5.32 Å². The number of thiazole rings is 1. The van der Waals surface area contributed by atoms with Gasteiger partial charge in [0.15, 0.2) is 10.8 Å². The molecule has 0 aliphatic rings. The minimum atomic E-state index is -0.332. The van der Waals surface area contributed by atoms with Crippen molar-refractivity contribution in [3.63, 3.8) is 0 Å². The summed E-state index contributed by atoms with van der Waals surface area (Å²) in [5, 5.41) is 21.9. The highest BCUT2D eigenvalue weighted by atomic mass is 32.1. The molecule has 6 heteroatoms. The van der Waals surface area contributed by atoms with Gasteiger partial charge >= 0.3 is 0 Å². The summed E-state index contributed by atoms with van der Waals surface area (Å²) >= 11 is 1.59. The van der Waals surface area contributed by atoms with Crippen molar-refractivity contribution in [2.45, 2.75) is 12.6 Å². The maximum absolute atomic E-state index is 9.01. The van der Waals surface area contributed by atoms with Gasteiger partial charge in [0.2, 0.25) is 0 Å². The van der Waals surface area contributed by atoms with Crippen molar-refractivity contribution in [2.75, 3.05) is 13.2 Å².